The van der Waals surface area contributed by atoms with Gasteiger partial charge in [0.1, 0.15) is 0 Å². The molecule has 1 amide bonds. The number of carbonyl (C=O) groups is 1. The summed E-state index contributed by atoms with van der Waals surface area (Å²) in [6.45, 7) is 6.70. The summed E-state index contributed by atoms with van der Waals surface area (Å²) in [4.78, 5) is 14.5. The van der Waals surface area contributed by atoms with Gasteiger partial charge in [0.2, 0.25) is 5.91 Å². The first-order chi connectivity index (χ1) is 11.7. The summed E-state index contributed by atoms with van der Waals surface area (Å²) in [6, 6.07) is 14.7. The quantitative estimate of drug-likeness (QED) is 0.573. The Balaban J connectivity index is 2.05. The van der Waals surface area contributed by atoms with Crippen LogP contribution in [0.1, 0.15) is 57.2 Å². The molecule has 3 nitrogen and oxygen atoms in total. The lowest BCUT2D eigenvalue weighted by Crippen LogP contribution is -2.32. The first kappa shape index (κ1) is 18.3. The fourth-order valence-electron chi connectivity index (χ4n) is 2.94. The van der Waals surface area contributed by atoms with Gasteiger partial charge in [-0.05, 0) is 30.5 Å². The molecule has 0 N–H and O–H groups in total. The van der Waals surface area contributed by atoms with Crippen LogP contribution in [-0.4, -0.2) is 21.9 Å². The molecule has 24 heavy (non-hydrogen) atoms. The zero-order chi connectivity index (χ0) is 17.2. The van der Waals surface area contributed by atoms with Crippen LogP contribution in [-0.2, 0) is 17.9 Å². The number of carbonyl (C=O) groups excluding carboxylic acids is 1. The molecule has 0 saturated carbocycles. The highest BCUT2D eigenvalue weighted by Gasteiger charge is 2.14. The third kappa shape index (κ3) is 5.55. The van der Waals surface area contributed by atoms with Crippen molar-refractivity contribution in [1.82, 2.24) is 9.47 Å². The zero-order valence-corrected chi connectivity index (χ0v) is 15.1. The number of aromatic nitrogens is 1. The minimum absolute atomic E-state index is 0.279. The van der Waals surface area contributed by atoms with E-state index in [4.69, 9.17) is 0 Å². The highest BCUT2D eigenvalue weighted by Crippen LogP contribution is 2.13. The molecule has 0 bridgehead atoms. The van der Waals surface area contributed by atoms with Crippen molar-refractivity contribution in [3.63, 3.8) is 0 Å². The molecule has 3 heteroatoms. The molecule has 1 heterocycles. The van der Waals surface area contributed by atoms with Gasteiger partial charge in [-0.15, -0.1) is 0 Å². The second-order valence-corrected chi connectivity index (χ2v) is 6.39. The summed E-state index contributed by atoms with van der Waals surface area (Å²) in [5, 5.41) is 0. The summed E-state index contributed by atoms with van der Waals surface area (Å²) in [5.74, 6) is 0.279. The Bertz CT molecular complexity index is 603. The molecule has 0 aliphatic rings. The topological polar surface area (TPSA) is 25.2 Å². The molecular weight excluding hydrogens is 296 g/mol. The van der Waals surface area contributed by atoms with Crippen molar-refractivity contribution < 1.29 is 4.79 Å². The number of hydrogen-bond acceptors (Lipinski definition) is 1. The van der Waals surface area contributed by atoms with Gasteiger partial charge in [0, 0.05) is 31.4 Å². The van der Waals surface area contributed by atoms with Crippen LogP contribution in [0.4, 0.5) is 0 Å². The van der Waals surface area contributed by atoms with E-state index in [-0.39, 0.29) is 5.91 Å². The predicted molar refractivity (Wildman–Crippen MR) is 99.8 cm³/mol. The van der Waals surface area contributed by atoms with E-state index >= 15 is 0 Å². The van der Waals surface area contributed by atoms with Crippen molar-refractivity contribution in [2.75, 3.05) is 6.54 Å². The van der Waals surface area contributed by atoms with E-state index in [1.54, 1.807) is 0 Å². The van der Waals surface area contributed by atoms with Crippen molar-refractivity contribution in [1.29, 1.82) is 0 Å². The molecule has 1 aromatic heterocycles. The molecule has 130 valence electrons. The normalized spacial score (nSPS) is 10.8. The van der Waals surface area contributed by atoms with E-state index in [1.165, 1.54) is 24.1 Å². The van der Waals surface area contributed by atoms with Crippen molar-refractivity contribution in [2.45, 2.75) is 59.0 Å². The van der Waals surface area contributed by atoms with Gasteiger partial charge in [0.05, 0.1) is 6.54 Å². The van der Waals surface area contributed by atoms with Crippen LogP contribution >= 0.6 is 0 Å². The van der Waals surface area contributed by atoms with Crippen molar-refractivity contribution in [3.8, 4) is 0 Å². The van der Waals surface area contributed by atoms with E-state index in [0.717, 1.165) is 25.9 Å². The Labute approximate surface area is 146 Å². The van der Waals surface area contributed by atoms with Gasteiger partial charge in [-0.2, -0.15) is 0 Å². The summed E-state index contributed by atoms with van der Waals surface area (Å²) in [6.07, 6.45) is 7.11. The SMILES string of the molecule is CCCCCN(Cc1cccn1Cc1ccccc1)C(=O)CCC. The number of unbranched alkanes of at least 4 members (excludes halogenated alkanes) is 2. The van der Waals surface area contributed by atoms with Gasteiger partial charge in [-0.1, -0.05) is 57.0 Å². The molecule has 1 aromatic carbocycles. The Morgan fingerprint density at radius 1 is 1.00 bits per heavy atom. The average molecular weight is 326 g/mol. The Morgan fingerprint density at radius 3 is 2.50 bits per heavy atom. The minimum atomic E-state index is 0.279. The summed E-state index contributed by atoms with van der Waals surface area (Å²) in [7, 11) is 0. The van der Waals surface area contributed by atoms with E-state index in [9.17, 15) is 4.79 Å². The third-order valence-electron chi connectivity index (χ3n) is 4.32. The molecule has 0 fully saturated rings. The molecule has 0 saturated heterocycles. The van der Waals surface area contributed by atoms with Crippen LogP contribution in [0.5, 0.6) is 0 Å². The van der Waals surface area contributed by atoms with Crippen molar-refractivity contribution in [2.24, 2.45) is 0 Å². The molecule has 0 aliphatic heterocycles. The van der Waals surface area contributed by atoms with Gasteiger partial charge in [-0.3, -0.25) is 4.79 Å². The predicted octanol–water partition coefficient (Wildman–Crippen LogP) is 4.86. The standard InChI is InChI=1S/C21H30N2O/c1-3-5-9-15-23(21(24)11-4-2)18-20-14-10-16-22(20)17-19-12-7-6-8-13-19/h6-8,10,12-14,16H,3-5,9,11,15,17-18H2,1-2H3. The lowest BCUT2D eigenvalue weighted by molar-refractivity contribution is -0.132. The van der Waals surface area contributed by atoms with E-state index in [2.05, 4.69) is 61.0 Å². The lowest BCUT2D eigenvalue weighted by atomic mass is 10.2. The smallest absolute Gasteiger partial charge is 0.222 e. The van der Waals surface area contributed by atoms with Crippen LogP contribution in [0.15, 0.2) is 48.7 Å². The summed E-state index contributed by atoms with van der Waals surface area (Å²) < 4.78 is 2.25. The van der Waals surface area contributed by atoms with Gasteiger partial charge >= 0.3 is 0 Å². The molecule has 2 rings (SSSR count). The fourth-order valence-corrected chi connectivity index (χ4v) is 2.94. The van der Waals surface area contributed by atoms with E-state index < -0.39 is 0 Å². The number of nitrogens with zero attached hydrogens (tertiary/aromatic N) is 2. The van der Waals surface area contributed by atoms with Crippen LogP contribution in [0.2, 0.25) is 0 Å². The molecule has 2 aromatic rings. The van der Waals surface area contributed by atoms with E-state index in [0.29, 0.717) is 13.0 Å². The molecular formula is C21H30N2O. The monoisotopic (exact) mass is 326 g/mol. The number of amides is 1. The maximum atomic E-state index is 12.4. The highest BCUT2D eigenvalue weighted by molar-refractivity contribution is 5.76. The number of rotatable bonds is 10. The van der Waals surface area contributed by atoms with Crippen molar-refractivity contribution >= 4 is 5.91 Å². The second kappa shape index (κ2) is 9.96. The van der Waals surface area contributed by atoms with E-state index in [1.807, 2.05) is 11.0 Å². The van der Waals surface area contributed by atoms with Crippen LogP contribution in [0.3, 0.4) is 0 Å². The van der Waals surface area contributed by atoms with Crippen LogP contribution in [0.25, 0.3) is 0 Å². The largest absolute Gasteiger partial charge is 0.345 e. The average Bonchev–Trinajstić information content (AvgIpc) is 3.02. The third-order valence-corrected chi connectivity index (χ3v) is 4.32. The zero-order valence-electron chi connectivity index (χ0n) is 15.1. The maximum absolute atomic E-state index is 12.4. The van der Waals surface area contributed by atoms with Gasteiger partial charge in [0.25, 0.3) is 0 Å². The molecule has 0 unspecified atom stereocenters. The highest BCUT2D eigenvalue weighted by atomic mass is 16.2. The molecule has 0 aliphatic carbocycles. The first-order valence-electron chi connectivity index (χ1n) is 9.20. The summed E-state index contributed by atoms with van der Waals surface area (Å²) >= 11 is 0. The fraction of sp³-hybridized carbons (Fsp3) is 0.476. The second-order valence-electron chi connectivity index (χ2n) is 6.39. The van der Waals surface area contributed by atoms with Gasteiger partial charge < -0.3 is 9.47 Å². The maximum Gasteiger partial charge on any atom is 0.222 e. The van der Waals surface area contributed by atoms with Gasteiger partial charge in [0.15, 0.2) is 0 Å². The number of hydrogen-bond donors (Lipinski definition) is 0. The Kier molecular flexibility index (Phi) is 7.60. The number of benzene rings is 1. The summed E-state index contributed by atoms with van der Waals surface area (Å²) in [5.41, 5.74) is 2.49. The first-order valence-corrected chi connectivity index (χ1v) is 9.20. The van der Waals surface area contributed by atoms with Gasteiger partial charge in [-0.25, -0.2) is 0 Å². The van der Waals surface area contributed by atoms with Crippen LogP contribution in [0, 0.1) is 0 Å². The van der Waals surface area contributed by atoms with Crippen LogP contribution < -0.4 is 0 Å². The molecule has 0 radical (unpaired) electrons. The molecule has 0 atom stereocenters. The Hall–Kier alpha value is -2.03. The minimum Gasteiger partial charge on any atom is -0.345 e. The molecule has 0 spiro atoms. The van der Waals surface area contributed by atoms with Crippen molar-refractivity contribution in [3.05, 3.63) is 59.9 Å². The lowest BCUT2D eigenvalue weighted by Gasteiger charge is -2.23. The Morgan fingerprint density at radius 2 is 1.79 bits per heavy atom.